The van der Waals surface area contributed by atoms with E-state index < -0.39 is 0 Å². The Morgan fingerprint density at radius 1 is 1.35 bits per heavy atom. The fraction of sp³-hybridized carbons (Fsp3) is 0.933. The van der Waals surface area contributed by atoms with E-state index in [2.05, 4.69) is 17.1 Å². The van der Waals surface area contributed by atoms with Crippen LogP contribution >= 0.6 is 0 Å². The van der Waals surface area contributed by atoms with Gasteiger partial charge in [-0.15, -0.1) is 0 Å². The zero-order valence-electron chi connectivity index (χ0n) is 12.6. The zero-order chi connectivity index (χ0) is 14.4. The van der Waals surface area contributed by atoms with Gasteiger partial charge in [0.1, 0.15) is 0 Å². The minimum Gasteiger partial charge on any atom is -0.374 e. The summed E-state index contributed by atoms with van der Waals surface area (Å²) in [5, 5.41) is 3.05. The molecular formula is C15H29N3O2. The lowest BCUT2D eigenvalue weighted by molar-refractivity contribution is -0.127. The van der Waals surface area contributed by atoms with Crippen molar-refractivity contribution in [2.24, 2.45) is 11.7 Å². The summed E-state index contributed by atoms with van der Waals surface area (Å²) < 4.78 is 5.71. The number of nitrogens with zero attached hydrogens (tertiary/aromatic N) is 1. The molecular weight excluding hydrogens is 254 g/mol. The molecule has 3 N–H and O–H groups in total. The molecule has 2 rings (SSSR count). The molecule has 0 aromatic carbocycles. The highest BCUT2D eigenvalue weighted by molar-refractivity contribution is 5.79. The lowest BCUT2D eigenvalue weighted by Gasteiger charge is -2.32. The molecule has 20 heavy (non-hydrogen) atoms. The maximum atomic E-state index is 12.3. The maximum absolute atomic E-state index is 12.3. The van der Waals surface area contributed by atoms with Crippen molar-refractivity contribution in [2.75, 3.05) is 32.8 Å². The Balaban J connectivity index is 1.76. The molecule has 2 fully saturated rings. The average molecular weight is 283 g/mol. The molecule has 0 aromatic rings. The Morgan fingerprint density at radius 3 is 2.95 bits per heavy atom. The number of ether oxygens (including phenoxy) is 1. The largest absolute Gasteiger partial charge is 0.374 e. The van der Waals surface area contributed by atoms with Gasteiger partial charge in [0.15, 0.2) is 0 Å². The number of hydrogen-bond acceptors (Lipinski definition) is 4. The molecule has 0 spiro atoms. The van der Waals surface area contributed by atoms with Crippen LogP contribution in [0.2, 0.25) is 0 Å². The Kier molecular flexibility index (Phi) is 6.26. The van der Waals surface area contributed by atoms with E-state index >= 15 is 0 Å². The van der Waals surface area contributed by atoms with Crippen molar-refractivity contribution < 1.29 is 9.53 Å². The van der Waals surface area contributed by atoms with Gasteiger partial charge in [0.2, 0.25) is 5.91 Å². The Morgan fingerprint density at radius 2 is 2.15 bits per heavy atom. The van der Waals surface area contributed by atoms with Crippen molar-refractivity contribution in [1.29, 1.82) is 0 Å². The van der Waals surface area contributed by atoms with E-state index in [1.807, 2.05) is 0 Å². The molecule has 3 unspecified atom stereocenters. The quantitative estimate of drug-likeness (QED) is 0.747. The maximum Gasteiger partial charge on any atom is 0.224 e. The van der Waals surface area contributed by atoms with Crippen molar-refractivity contribution in [3.63, 3.8) is 0 Å². The van der Waals surface area contributed by atoms with Gasteiger partial charge in [0.05, 0.1) is 18.6 Å². The van der Waals surface area contributed by atoms with Crippen molar-refractivity contribution in [2.45, 2.75) is 51.2 Å². The van der Waals surface area contributed by atoms with Crippen molar-refractivity contribution >= 4 is 5.91 Å². The first kappa shape index (κ1) is 15.7. The van der Waals surface area contributed by atoms with E-state index in [1.165, 1.54) is 6.42 Å². The van der Waals surface area contributed by atoms with Crippen molar-refractivity contribution in [3.05, 3.63) is 0 Å². The molecule has 2 aliphatic rings. The summed E-state index contributed by atoms with van der Waals surface area (Å²) in [6.07, 6.45) is 5.50. The van der Waals surface area contributed by atoms with Gasteiger partial charge in [0, 0.05) is 25.7 Å². The van der Waals surface area contributed by atoms with Gasteiger partial charge in [-0.2, -0.15) is 0 Å². The van der Waals surface area contributed by atoms with Crippen LogP contribution in [0.1, 0.15) is 39.0 Å². The van der Waals surface area contributed by atoms with Gasteiger partial charge in [-0.1, -0.05) is 26.2 Å². The van der Waals surface area contributed by atoms with Crippen LogP contribution in [0.25, 0.3) is 0 Å². The van der Waals surface area contributed by atoms with E-state index in [9.17, 15) is 4.79 Å². The summed E-state index contributed by atoms with van der Waals surface area (Å²) >= 11 is 0. The van der Waals surface area contributed by atoms with Gasteiger partial charge < -0.3 is 15.8 Å². The predicted molar refractivity (Wildman–Crippen MR) is 79.4 cm³/mol. The van der Waals surface area contributed by atoms with Crippen LogP contribution in [-0.4, -0.2) is 55.7 Å². The van der Waals surface area contributed by atoms with E-state index in [-0.39, 0.29) is 24.0 Å². The molecule has 1 heterocycles. The van der Waals surface area contributed by atoms with Crippen molar-refractivity contribution in [3.8, 4) is 0 Å². The van der Waals surface area contributed by atoms with E-state index in [1.54, 1.807) is 0 Å². The van der Waals surface area contributed by atoms with Crippen LogP contribution in [0, 0.1) is 5.92 Å². The minimum atomic E-state index is -0.0108. The third-order valence-electron chi connectivity index (χ3n) is 4.58. The third-order valence-corrected chi connectivity index (χ3v) is 4.58. The SMILES string of the molecule is CCN1CCOC(CNC(=O)C2CCCCCC2N)C1. The van der Waals surface area contributed by atoms with Gasteiger partial charge in [-0.05, 0) is 19.4 Å². The predicted octanol–water partition coefficient (Wildman–Crippen LogP) is 0.731. The molecule has 0 bridgehead atoms. The highest BCUT2D eigenvalue weighted by Crippen LogP contribution is 2.22. The minimum absolute atomic E-state index is 0.0108. The normalized spacial score (nSPS) is 32.6. The number of morpholine rings is 1. The summed E-state index contributed by atoms with van der Waals surface area (Å²) in [5.74, 6) is 0.111. The van der Waals surface area contributed by atoms with E-state index in [4.69, 9.17) is 10.5 Å². The molecule has 0 radical (unpaired) electrons. The first-order valence-corrected chi connectivity index (χ1v) is 8.08. The summed E-state index contributed by atoms with van der Waals surface area (Å²) in [6.45, 7) is 6.48. The number of amides is 1. The molecule has 116 valence electrons. The first-order valence-electron chi connectivity index (χ1n) is 8.08. The van der Waals surface area contributed by atoms with Gasteiger partial charge in [0.25, 0.3) is 0 Å². The molecule has 1 saturated carbocycles. The van der Waals surface area contributed by atoms with Crippen LogP contribution < -0.4 is 11.1 Å². The number of rotatable bonds is 4. The second-order valence-corrected chi connectivity index (χ2v) is 6.04. The lowest BCUT2D eigenvalue weighted by atomic mass is 9.94. The van der Waals surface area contributed by atoms with Crippen LogP contribution in [0.15, 0.2) is 0 Å². The number of carbonyl (C=O) groups excluding carboxylic acids is 1. The second-order valence-electron chi connectivity index (χ2n) is 6.04. The Labute approximate surface area is 122 Å². The van der Waals surface area contributed by atoms with E-state index in [0.717, 1.165) is 51.9 Å². The first-order chi connectivity index (χ1) is 9.70. The smallest absolute Gasteiger partial charge is 0.224 e. The van der Waals surface area contributed by atoms with Gasteiger partial charge in [-0.25, -0.2) is 0 Å². The number of hydrogen-bond donors (Lipinski definition) is 2. The Bertz CT molecular complexity index is 311. The monoisotopic (exact) mass is 283 g/mol. The van der Waals surface area contributed by atoms with Gasteiger partial charge in [-0.3, -0.25) is 9.69 Å². The average Bonchev–Trinajstić information content (AvgIpc) is 2.69. The third kappa shape index (κ3) is 4.43. The topological polar surface area (TPSA) is 67.6 Å². The van der Waals surface area contributed by atoms with Crippen molar-refractivity contribution in [1.82, 2.24) is 10.2 Å². The summed E-state index contributed by atoms with van der Waals surface area (Å²) in [7, 11) is 0. The zero-order valence-corrected chi connectivity index (χ0v) is 12.6. The number of nitrogens with one attached hydrogen (secondary N) is 1. The molecule has 5 nitrogen and oxygen atoms in total. The molecule has 5 heteroatoms. The van der Waals surface area contributed by atoms with Gasteiger partial charge >= 0.3 is 0 Å². The lowest BCUT2D eigenvalue weighted by Crippen LogP contribution is -2.49. The molecule has 1 aliphatic carbocycles. The van der Waals surface area contributed by atoms with Crippen LogP contribution in [0.5, 0.6) is 0 Å². The van der Waals surface area contributed by atoms with E-state index in [0.29, 0.717) is 6.54 Å². The highest BCUT2D eigenvalue weighted by atomic mass is 16.5. The summed E-state index contributed by atoms with van der Waals surface area (Å²) in [5.41, 5.74) is 6.13. The fourth-order valence-corrected chi connectivity index (χ4v) is 3.20. The summed E-state index contributed by atoms with van der Waals surface area (Å²) in [4.78, 5) is 14.7. The van der Waals surface area contributed by atoms with Crippen LogP contribution in [0.3, 0.4) is 0 Å². The van der Waals surface area contributed by atoms with Crippen LogP contribution in [-0.2, 0) is 9.53 Å². The molecule has 3 atom stereocenters. The number of nitrogens with two attached hydrogens (primary N) is 1. The molecule has 1 saturated heterocycles. The standard InChI is InChI=1S/C15H29N3O2/c1-2-18-8-9-20-12(11-18)10-17-15(19)13-6-4-3-5-7-14(13)16/h12-14H,2-11,16H2,1H3,(H,17,19). The van der Waals surface area contributed by atoms with Crippen LogP contribution in [0.4, 0.5) is 0 Å². The highest BCUT2D eigenvalue weighted by Gasteiger charge is 2.28. The number of likely N-dealkylation sites (N-methyl/N-ethyl adjacent to an activating group) is 1. The molecule has 0 aromatic heterocycles. The molecule has 1 amide bonds. The molecule has 1 aliphatic heterocycles. The number of carbonyl (C=O) groups is 1. The second kappa shape index (κ2) is 7.96. The summed E-state index contributed by atoms with van der Waals surface area (Å²) in [6, 6.07) is 0.0249. The Hall–Kier alpha value is -0.650. The fourth-order valence-electron chi connectivity index (χ4n) is 3.20.